The molecular weight excluding hydrogens is 526 g/mol. The molecule has 31 heavy (non-hydrogen) atoms. The molecule has 1 unspecified atom stereocenters. The van der Waals surface area contributed by atoms with E-state index in [0.717, 1.165) is 0 Å². The van der Waals surface area contributed by atoms with Gasteiger partial charge in [-0.2, -0.15) is 0 Å². The van der Waals surface area contributed by atoms with Crippen molar-refractivity contribution in [1.82, 2.24) is 5.32 Å². The van der Waals surface area contributed by atoms with Crippen LogP contribution in [-0.2, 0) is 16.0 Å². The van der Waals surface area contributed by atoms with Gasteiger partial charge in [0.25, 0.3) is 5.91 Å². The number of amides is 2. The maximum Gasteiger partial charge on any atom is 0.253 e. The van der Waals surface area contributed by atoms with Crippen LogP contribution in [0.1, 0.15) is 21.8 Å². The van der Waals surface area contributed by atoms with E-state index in [1.165, 1.54) is 12.1 Å². The molecule has 11 heteroatoms. The molecule has 5 nitrogen and oxygen atoms in total. The summed E-state index contributed by atoms with van der Waals surface area (Å²) in [5.41, 5.74) is 1.20. The molecule has 0 aliphatic heterocycles. The van der Waals surface area contributed by atoms with Crippen LogP contribution in [0.5, 0.6) is 0 Å². The first-order valence-electron chi connectivity index (χ1n) is 9.03. The summed E-state index contributed by atoms with van der Waals surface area (Å²) in [6.07, 6.45) is 1.55. The van der Waals surface area contributed by atoms with Gasteiger partial charge in [-0.3, -0.25) is 9.59 Å². The van der Waals surface area contributed by atoms with E-state index in [2.05, 4.69) is 10.6 Å². The van der Waals surface area contributed by atoms with Crippen molar-refractivity contribution in [3.05, 3.63) is 62.6 Å². The van der Waals surface area contributed by atoms with E-state index in [-0.39, 0.29) is 17.1 Å². The van der Waals surface area contributed by atoms with Gasteiger partial charge in [-0.25, -0.2) is 0 Å². The number of carbonyl (C=O) groups excluding carboxylic acids is 2. The quantitative estimate of drug-likeness (QED) is 0.369. The zero-order chi connectivity index (χ0) is 22.9. The fraction of sp³-hybridized carbons (Fsp3) is 0.300. The number of carbonyl (C=O) groups is 2. The van der Waals surface area contributed by atoms with E-state index in [0.29, 0.717) is 27.0 Å². The molecule has 2 aromatic carbocycles. The van der Waals surface area contributed by atoms with E-state index in [1.807, 2.05) is 0 Å². The van der Waals surface area contributed by atoms with Crippen LogP contribution in [0.4, 0.5) is 5.69 Å². The molecule has 2 aromatic rings. The molecule has 1 saturated carbocycles. The van der Waals surface area contributed by atoms with Gasteiger partial charge >= 0.3 is 0 Å². The largest absolute Gasteiger partial charge is 0.617 e. The minimum Gasteiger partial charge on any atom is -0.617 e. The Hall–Kier alpha value is -0.860. The highest BCUT2D eigenvalue weighted by molar-refractivity contribution is 7.90. The zero-order valence-electron chi connectivity index (χ0n) is 16.1. The topological polar surface area (TPSA) is 81.3 Å². The minimum absolute atomic E-state index is 0.179. The lowest BCUT2D eigenvalue weighted by Crippen LogP contribution is -2.29. The Morgan fingerprint density at radius 3 is 2.35 bits per heavy atom. The van der Waals surface area contributed by atoms with Crippen molar-refractivity contribution >= 4 is 86.7 Å². The second-order valence-electron chi connectivity index (χ2n) is 7.05. The van der Waals surface area contributed by atoms with Crippen molar-refractivity contribution in [1.29, 1.82) is 0 Å². The molecule has 1 aliphatic rings. The van der Waals surface area contributed by atoms with Crippen LogP contribution in [0.2, 0.25) is 15.1 Å². The van der Waals surface area contributed by atoms with Crippen LogP contribution in [0.3, 0.4) is 0 Å². The predicted octanol–water partition coefficient (Wildman–Crippen LogP) is 5.28. The molecule has 0 heterocycles. The monoisotopic (exact) mass is 540 g/mol. The predicted molar refractivity (Wildman–Crippen MR) is 128 cm³/mol. The number of rotatable bonds is 7. The summed E-state index contributed by atoms with van der Waals surface area (Å²) < 4.78 is 9.82. The Morgan fingerprint density at radius 2 is 1.74 bits per heavy atom. The summed E-state index contributed by atoms with van der Waals surface area (Å²) in [5.74, 6) is -1.76. The molecule has 0 saturated heterocycles. The number of hydrogen-bond donors (Lipinski definition) is 2. The second kappa shape index (κ2) is 9.96. The molecular formula is C20H17Cl5N2O3S. The van der Waals surface area contributed by atoms with Crippen molar-refractivity contribution in [2.24, 2.45) is 5.92 Å². The van der Waals surface area contributed by atoms with Crippen LogP contribution >= 0.6 is 58.0 Å². The average molecular weight is 543 g/mol. The number of nitrogens with one attached hydrogen (secondary N) is 2. The molecule has 0 bridgehead atoms. The number of halogens is 5. The Kier molecular flexibility index (Phi) is 7.96. The smallest absolute Gasteiger partial charge is 0.253 e. The van der Waals surface area contributed by atoms with Gasteiger partial charge in [0.2, 0.25) is 5.91 Å². The first-order chi connectivity index (χ1) is 14.5. The van der Waals surface area contributed by atoms with Crippen LogP contribution in [0, 0.1) is 5.92 Å². The van der Waals surface area contributed by atoms with Crippen molar-refractivity contribution in [2.45, 2.75) is 10.3 Å². The van der Waals surface area contributed by atoms with Gasteiger partial charge in [0.1, 0.15) is 10.1 Å². The van der Waals surface area contributed by atoms with E-state index in [9.17, 15) is 14.1 Å². The highest BCUT2D eigenvalue weighted by Crippen LogP contribution is 2.65. The molecule has 166 valence electrons. The molecule has 2 amide bonds. The van der Waals surface area contributed by atoms with Crippen LogP contribution < -0.4 is 10.6 Å². The highest BCUT2D eigenvalue weighted by atomic mass is 35.5. The second-order valence-corrected chi connectivity index (χ2v) is 11.3. The van der Waals surface area contributed by atoms with Gasteiger partial charge in [0.05, 0.1) is 29.3 Å². The summed E-state index contributed by atoms with van der Waals surface area (Å²) in [6, 6.07) is 9.43. The van der Waals surface area contributed by atoms with Crippen molar-refractivity contribution in [2.75, 3.05) is 23.9 Å². The fourth-order valence-corrected chi connectivity index (χ4v) is 5.19. The summed E-state index contributed by atoms with van der Waals surface area (Å²) in [6.45, 7) is 0.238. The molecule has 0 spiro atoms. The standard InChI is InChI=1S/C20H17Cl5N2O3S/c1-31(30)5-4-26-18(28)14-9-13(2-3-15(14)23)27-19(29)17-16(20(17,24)25)10-6-11(21)8-12(22)7-10/h2-3,6-9,16-17H,4-5H2,1H3,(H,26,28)(H,27,29)/t16-,17+,31?/m1/s1. The Bertz CT molecular complexity index is 998. The van der Waals surface area contributed by atoms with Crippen LogP contribution in [0.25, 0.3) is 0 Å². The number of benzene rings is 2. The summed E-state index contributed by atoms with van der Waals surface area (Å²) >= 11 is 29.9. The number of anilines is 1. The van der Waals surface area contributed by atoms with Crippen LogP contribution in [0.15, 0.2) is 36.4 Å². The van der Waals surface area contributed by atoms with Gasteiger partial charge in [-0.05, 0) is 42.0 Å². The lowest BCUT2D eigenvalue weighted by Gasteiger charge is -2.11. The maximum absolute atomic E-state index is 12.8. The normalized spacial score (nSPS) is 20.1. The molecule has 1 aliphatic carbocycles. The van der Waals surface area contributed by atoms with Crippen molar-refractivity contribution in [3.8, 4) is 0 Å². The molecule has 0 aromatic heterocycles. The minimum atomic E-state index is -1.32. The molecule has 1 fully saturated rings. The van der Waals surface area contributed by atoms with Gasteiger partial charge in [-0.15, -0.1) is 23.2 Å². The molecule has 3 atom stereocenters. The van der Waals surface area contributed by atoms with Crippen LogP contribution in [-0.4, -0.2) is 39.3 Å². The third-order valence-electron chi connectivity index (χ3n) is 4.73. The highest BCUT2D eigenvalue weighted by Gasteiger charge is 2.67. The van der Waals surface area contributed by atoms with Crippen molar-refractivity contribution in [3.63, 3.8) is 0 Å². The van der Waals surface area contributed by atoms with Gasteiger partial charge < -0.3 is 15.2 Å². The zero-order valence-corrected chi connectivity index (χ0v) is 20.7. The number of hydrogen-bond acceptors (Lipinski definition) is 3. The fourth-order valence-electron chi connectivity index (χ4n) is 3.22. The summed E-state index contributed by atoms with van der Waals surface area (Å²) in [4.78, 5) is 25.2. The van der Waals surface area contributed by atoms with E-state index in [4.69, 9.17) is 58.0 Å². The lowest BCUT2D eigenvalue weighted by molar-refractivity contribution is -0.117. The van der Waals surface area contributed by atoms with Gasteiger partial charge in [0.15, 0.2) is 0 Å². The molecule has 0 radical (unpaired) electrons. The van der Waals surface area contributed by atoms with Gasteiger partial charge in [0, 0.05) is 21.7 Å². The van der Waals surface area contributed by atoms with Crippen molar-refractivity contribution < 1.29 is 14.1 Å². The maximum atomic E-state index is 12.8. The first-order valence-corrected chi connectivity index (χ1v) is 12.6. The Labute approximate surface area is 207 Å². The summed E-state index contributed by atoms with van der Waals surface area (Å²) in [7, 11) is 0. The van der Waals surface area contributed by atoms with Gasteiger partial charge in [-0.1, -0.05) is 46.0 Å². The van der Waals surface area contributed by atoms with E-state index >= 15 is 0 Å². The third kappa shape index (κ3) is 5.93. The molecule has 2 N–H and O–H groups in total. The Balaban J connectivity index is 1.72. The lowest BCUT2D eigenvalue weighted by atomic mass is 10.1. The average Bonchev–Trinajstić information content (AvgIpc) is 3.24. The Morgan fingerprint density at radius 1 is 1.10 bits per heavy atom. The first kappa shape index (κ1) is 24.8. The summed E-state index contributed by atoms with van der Waals surface area (Å²) in [5, 5.41) is 6.41. The van der Waals surface area contributed by atoms with E-state index in [1.54, 1.807) is 30.5 Å². The molecule has 3 rings (SSSR count). The number of alkyl halides is 2. The SMILES string of the molecule is C[S+]([O-])CCNC(=O)c1cc(NC(=O)[C@@H]2[C@@H](c3cc(Cl)cc(Cl)c3)C2(Cl)Cl)ccc1Cl. The van der Waals surface area contributed by atoms with E-state index < -0.39 is 39.2 Å². The third-order valence-corrected chi connectivity index (χ3v) is 7.22.